The van der Waals surface area contributed by atoms with Crippen LogP contribution in [0, 0.1) is 0 Å². The quantitative estimate of drug-likeness (QED) is 0.490. The Balaban J connectivity index is 1.77. The number of amides is 1. The van der Waals surface area contributed by atoms with Crippen molar-refractivity contribution < 1.29 is 19.4 Å². The number of imidazole rings is 1. The van der Waals surface area contributed by atoms with Gasteiger partial charge in [0, 0.05) is 30.6 Å². The fraction of sp³-hybridized carbons (Fsp3) is 0.238. The number of hydrogen-bond donors (Lipinski definition) is 2. The van der Waals surface area contributed by atoms with Crippen LogP contribution in [0.1, 0.15) is 12.5 Å². The maximum absolute atomic E-state index is 12.1. The molecule has 3 heterocycles. The van der Waals surface area contributed by atoms with Crippen LogP contribution in [0.4, 0.5) is 10.7 Å². The second kappa shape index (κ2) is 8.34. The van der Waals surface area contributed by atoms with Gasteiger partial charge < -0.3 is 14.6 Å². The number of fused-ring (bicyclic) bond motifs is 1. The lowest BCUT2D eigenvalue weighted by Gasteiger charge is -2.11. The first-order chi connectivity index (χ1) is 15.0. The summed E-state index contributed by atoms with van der Waals surface area (Å²) < 4.78 is 13.7. The Morgan fingerprint density at radius 1 is 1.23 bits per heavy atom. The van der Waals surface area contributed by atoms with E-state index in [-0.39, 0.29) is 12.4 Å². The van der Waals surface area contributed by atoms with E-state index in [1.165, 1.54) is 7.11 Å². The van der Waals surface area contributed by atoms with Gasteiger partial charge in [0.25, 0.3) is 0 Å². The molecule has 31 heavy (non-hydrogen) atoms. The minimum Gasteiger partial charge on any atom is -0.504 e. The zero-order valence-corrected chi connectivity index (χ0v) is 17.4. The lowest BCUT2D eigenvalue weighted by Crippen LogP contribution is -2.17. The average molecular weight is 422 g/mol. The molecule has 1 amide bonds. The molecule has 160 valence electrons. The van der Waals surface area contributed by atoms with Crippen LogP contribution in [0.15, 0.2) is 42.9 Å². The van der Waals surface area contributed by atoms with Crippen LogP contribution in [-0.4, -0.2) is 49.2 Å². The lowest BCUT2D eigenvalue weighted by molar-refractivity contribution is 0.167. The highest BCUT2D eigenvalue weighted by Crippen LogP contribution is 2.29. The second-order valence-corrected chi connectivity index (χ2v) is 6.84. The molecule has 0 saturated carbocycles. The zero-order valence-electron chi connectivity index (χ0n) is 17.4. The molecule has 0 saturated heterocycles. The number of rotatable bonds is 6. The van der Waals surface area contributed by atoms with Gasteiger partial charge in [-0.2, -0.15) is 5.10 Å². The number of carbonyl (C=O) groups excluding carboxylic acids is 1. The number of aromatic hydroxyl groups is 1. The van der Waals surface area contributed by atoms with Crippen LogP contribution < -0.4 is 10.1 Å². The van der Waals surface area contributed by atoms with Gasteiger partial charge in [0.1, 0.15) is 5.52 Å². The predicted octanol–water partition coefficient (Wildman–Crippen LogP) is 3.16. The number of carbonyl (C=O) groups is 1. The van der Waals surface area contributed by atoms with E-state index in [1.54, 1.807) is 46.8 Å². The maximum Gasteiger partial charge on any atom is 0.413 e. The van der Waals surface area contributed by atoms with Crippen molar-refractivity contribution in [3.63, 3.8) is 0 Å². The van der Waals surface area contributed by atoms with Crippen molar-refractivity contribution in [1.29, 1.82) is 0 Å². The summed E-state index contributed by atoms with van der Waals surface area (Å²) in [5.41, 5.74) is 3.80. The summed E-state index contributed by atoms with van der Waals surface area (Å²) in [4.78, 5) is 21.2. The molecule has 0 unspecified atom stereocenters. The third kappa shape index (κ3) is 4.13. The molecule has 1 aromatic carbocycles. The monoisotopic (exact) mass is 422 g/mol. The first-order valence-corrected chi connectivity index (χ1v) is 9.63. The minimum absolute atomic E-state index is 0.0471. The molecular formula is C21H22N6O4. The molecule has 0 spiro atoms. The number of phenolic OH excluding ortho intramolecular Hbond substituents is 1. The smallest absolute Gasteiger partial charge is 0.413 e. The lowest BCUT2D eigenvalue weighted by atomic mass is 10.1. The van der Waals surface area contributed by atoms with E-state index in [0.717, 1.165) is 16.7 Å². The van der Waals surface area contributed by atoms with E-state index in [4.69, 9.17) is 9.47 Å². The molecule has 3 aromatic heterocycles. The Hall–Kier alpha value is -4.08. The number of nitrogens with zero attached hydrogens (tertiary/aromatic N) is 5. The molecule has 0 aliphatic rings. The van der Waals surface area contributed by atoms with E-state index in [2.05, 4.69) is 20.4 Å². The molecule has 0 fully saturated rings. The van der Waals surface area contributed by atoms with Gasteiger partial charge in [-0.25, -0.2) is 14.8 Å². The molecule has 10 nitrogen and oxygen atoms in total. The van der Waals surface area contributed by atoms with Crippen LogP contribution in [0.3, 0.4) is 0 Å². The Kier molecular flexibility index (Phi) is 5.44. The second-order valence-electron chi connectivity index (χ2n) is 6.84. The van der Waals surface area contributed by atoms with Crippen LogP contribution in [0.5, 0.6) is 11.5 Å². The summed E-state index contributed by atoms with van der Waals surface area (Å²) in [7, 11) is 3.33. The number of benzene rings is 1. The van der Waals surface area contributed by atoms with Gasteiger partial charge in [0.05, 0.1) is 26.5 Å². The van der Waals surface area contributed by atoms with Crippen molar-refractivity contribution >= 4 is 23.2 Å². The van der Waals surface area contributed by atoms with Gasteiger partial charge in [-0.15, -0.1) is 0 Å². The molecule has 10 heteroatoms. The standard InChI is InChI=1S/C21H22N6O4/c1-4-31-21(29)25-20-24-16-8-14(15-10-23-26(2)12-15)9-22-19(16)27(20)11-13-5-6-17(28)18(7-13)30-3/h5-10,12,28H,4,11H2,1-3H3,(H,24,25,29). The minimum atomic E-state index is -0.602. The number of aryl methyl sites for hydroxylation is 1. The highest BCUT2D eigenvalue weighted by Gasteiger charge is 2.17. The molecule has 4 aromatic rings. The normalized spacial score (nSPS) is 10.9. The summed E-state index contributed by atoms with van der Waals surface area (Å²) in [6.07, 6.45) is 4.78. The summed E-state index contributed by atoms with van der Waals surface area (Å²) in [5.74, 6) is 0.704. The van der Waals surface area contributed by atoms with Gasteiger partial charge in [-0.3, -0.25) is 14.6 Å². The fourth-order valence-electron chi connectivity index (χ4n) is 3.25. The van der Waals surface area contributed by atoms with Crippen LogP contribution in [0.25, 0.3) is 22.3 Å². The Labute approximate surface area is 178 Å². The number of ether oxygens (including phenoxy) is 2. The van der Waals surface area contributed by atoms with Crippen LogP contribution >= 0.6 is 0 Å². The van der Waals surface area contributed by atoms with Gasteiger partial charge in [-0.05, 0) is 30.7 Å². The van der Waals surface area contributed by atoms with Crippen LogP contribution in [-0.2, 0) is 18.3 Å². The Bertz CT molecular complexity index is 1250. The van der Waals surface area contributed by atoms with E-state index in [9.17, 15) is 9.90 Å². The predicted molar refractivity (Wildman–Crippen MR) is 114 cm³/mol. The largest absolute Gasteiger partial charge is 0.504 e. The van der Waals surface area contributed by atoms with Gasteiger partial charge in [0.15, 0.2) is 17.1 Å². The van der Waals surface area contributed by atoms with Crippen molar-refractivity contribution in [1.82, 2.24) is 24.3 Å². The Morgan fingerprint density at radius 3 is 2.77 bits per heavy atom. The zero-order chi connectivity index (χ0) is 22.0. The van der Waals surface area contributed by atoms with Gasteiger partial charge in [-0.1, -0.05) is 6.07 Å². The van der Waals surface area contributed by atoms with Crippen molar-refractivity contribution in [3.8, 4) is 22.6 Å². The third-order valence-corrected chi connectivity index (χ3v) is 4.70. The number of anilines is 1. The first-order valence-electron chi connectivity index (χ1n) is 9.63. The van der Waals surface area contributed by atoms with Gasteiger partial charge in [0.2, 0.25) is 5.95 Å². The topological polar surface area (TPSA) is 116 Å². The Morgan fingerprint density at radius 2 is 2.06 bits per heavy atom. The summed E-state index contributed by atoms with van der Waals surface area (Å²) in [5, 5.41) is 16.7. The summed E-state index contributed by atoms with van der Waals surface area (Å²) >= 11 is 0. The molecular weight excluding hydrogens is 400 g/mol. The number of pyridine rings is 1. The van der Waals surface area contributed by atoms with Crippen LogP contribution in [0.2, 0.25) is 0 Å². The SMILES string of the molecule is CCOC(=O)Nc1nc2cc(-c3cnn(C)c3)cnc2n1Cc1ccc(O)c(OC)c1. The molecule has 0 radical (unpaired) electrons. The molecule has 0 aliphatic heterocycles. The van der Waals surface area contributed by atoms with E-state index in [0.29, 0.717) is 29.4 Å². The average Bonchev–Trinajstić information content (AvgIpc) is 3.32. The molecule has 0 atom stereocenters. The maximum atomic E-state index is 12.1. The molecule has 2 N–H and O–H groups in total. The number of aromatic nitrogens is 5. The molecule has 0 bridgehead atoms. The van der Waals surface area contributed by atoms with Crippen molar-refractivity contribution in [2.24, 2.45) is 7.05 Å². The van der Waals surface area contributed by atoms with E-state index >= 15 is 0 Å². The first kappa shape index (κ1) is 20.2. The molecule has 0 aliphatic carbocycles. The number of phenols is 1. The van der Waals surface area contributed by atoms with E-state index < -0.39 is 6.09 Å². The number of nitrogens with one attached hydrogen (secondary N) is 1. The van der Waals surface area contributed by atoms with Crippen molar-refractivity contribution in [3.05, 3.63) is 48.4 Å². The number of methoxy groups -OCH3 is 1. The molecule has 4 rings (SSSR count). The fourth-order valence-corrected chi connectivity index (χ4v) is 3.25. The highest BCUT2D eigenvalue weighted by atomic mass is 16.5. The summed E-state index contributed by atoms with van der Waals surface area (Å²) in [6.45, 7) is 2.31. The van der Waals surface area contributed by atoms with Gasteiger partial charge >= 0.3 is 6.09 Å². The third-order valence-electron chi connectivity index (χ3n) is 4.70. The highest BCUT2D eigenvalue weighted by molar-refractivity contribution is 5.87. The number of hydrogen-bond acceptors (Lipinski definition) is 7. The van der Waals surface area contributed by atoms with E-state index in [1.807, 2.05) is 19.3 Å². The van der Waals surface area contributed by atoms with Crippen molar-refractivity contribution in [2.75, 3.05) is 19.0 Å². The summed E-state index contributed by atoms with van der Waals surface area (Å²) in [6, 6.07) is 6.93. The van der Waals surface area contributed by atoms with Crippen molar-refractivity contribution in [2.45, 2.75) is 13.5 Å².